The number of carbonyl (C=O) groups is 7. The van der Waals surface area contributed by atoms with Gasteiger partial charge in [-0.25, -0.2) is 4.79 Å². The predicted molar refractivity (Wildman–Crippen MR) is 191 cm³/mol. The molecule has 2 heterocycles. The zero-order valence-corrected chi connectivity index (χ0v) is 32.4. The summed E-state index contributed by atoms with van der Waals surface area (Å²) in [4.78, 5) is 94.8. The first kappa shape index (κ1) is 44.3. The molecule has 292 valence electrons. The van der Waals surface area contributed by atoms with E-state index in [9.17, 15) is 33.6 Å². The van der Waals surface area contributed by atoms with Crippen LogP contribution in [0, 0.1) is 17.8 Å². The summed E-state index contributed by atoms with van der Waals surface area (Å²) in [5, 5.41) is 0. The fraction of sp³-hybridized carbons (Fsp3) is 0.711. The molecular weight excluding hydrogens is 674 g/mol. The van der Waals surface area contributed by atoms with Gasteiger partial charge in [-0.05, 0) is 76.0 Å². The van der Waals surface area contributed by atoms with Crippen LogP contribution < -0.4 is 0 Å². The number of methoxy groups -OCH3 is 2. The average Bonchev–Trinajstić information content (AvgIpc) is 3.32. The van der Waals surface area contributed by atoms with Gasteiger partial charge in [0.1, 0.15) is 25.4 Å². The van der Waals surface area contributed by atoms with Gasteiger partial charge >= 0.3 is 18.0 Å². The van der Waals surface area contributed by atoms with Gasteiger partial charge in [0.2, 0.25) is 0 Å². The minimum Gasteiger partial charge on any atom is -0.463 e. The Morgan fingerprint density at radius 1 is 0.827 bits per heavy atom. The Morgan fingerprint density at radius 3 is 2.06 bits per heavy atom. The average molecular weight is 734 g/mol. The largest absolute Gasteiger partial charge is 0.463 e. The molecular formula is C38H59N3O11. The first-order valence-corrected chi connectivity index (χ1v) is 18.3. The quantitative estimate of drug-likeness (QED) is 0.0571. The van der Waals surface area contributed by atoms with Crippen LogP contribution in [0.3, 0.4) is 0 Å². The highest BCUT2D eigenvalue weighted by Gasteiger charge is 2.53. The lowest BCUT2D eigenvalue weighted by molar-refractivity contribution is -0.158. The number of nitrogens with zero attached hydrogens (tertiary/aromatic N) is 3. The standard InChI is InChI=1S/C38H59N3O11/c1-10-13-28(19-31(43)30(27(7)42)14-11-12-15-34(46)52-25(4)5)36(47)26(6)16-17-33(45)51-23-39-32(44)20-29(18-24(2)3)35-37(39)41(22-50-9)38(48)40(35)21-49-8/h19-20,24-26,30,35,37H,10-18,21-23H2,1-9H3. The Morgan fingerprint density at radius 2 is 1.48 bits per heavy atom. The molecule has 0 saturated carbocycles. The molecule has 0 bridgehead atoms. The van der Waals surface area contributed by atoms with Gasteiger partial charge in [0.15, 0.2) is 18.3 Å². The zero-order valence-electron chi connectivity index (χ0n) is 32.4. The number of allylic oxidation sites excluding steroid dienone is 2. The van der Waals surface area contributed by atoms with Crippen molar-refractivity contribution in [2.45, 2.75) is 125 Å². The van der Waals surface area contributed by atoms with Crippen LogP contribution in [0.25, 0.3) is 0 Å². The van der Waals surface area contributed by atoms with Gasteiger partial charge in [-0.1, -0.05) is 40.5 Å². The van der Waals surface area contributed by atoms with Gasteiger partial charge in [0.05, 0.1) is 18.1 Å². The minimum atomic E-state index is -0.920. The monoisotopic (exact) mass is 733 g/mol. The maximum absolute atomic E-state index is 13.5. The second-order valence-corrected chi connectivity index (χ2v) is 14.3. The summed E-state index contributed by atoms with van der Waals surface area (Å²) in [6.07, 6.45) is 4.63. The number of ketones is 3. The molecule has 3 amide bonds. The smallest absolute Gasteiger partial charge is 0.326 e. The number of hydrogen-bond donors (Lipinski definition) is 0. The highest BCUT2D eigenvalue weighted by molar-refractivity contribution is 6.11. The fourth-order valence-electron chi connectivity index (χ4n) is 6.54. The Hall–Kier alpha value is -3.91. The molecule has 14 heteroatoms. The van der Waals surface area contributed by atoms with Crippen LogP contribution in [0.1, 0.15) is 106 Å². The summed E-state index contributed by atoms with van der Waals surface area (Å²) >= 11 is 0. The Bertz CT molecular complexity index is 1360. The van der Waals surface area contributed by atoms with Crippen LogP contribution >= 0.6 is 0 Å². The van der Waals surface area contributed by atoms with Gasteiger partial charge < -0.3 is 18.9 Å². The second-order valence-electron chi connectivity index (χ2n) is 14.3. The third-order valence-electron chi connectivity index (χ3n) is 8.97. The van der Waals surface area contributed by atoms with Crippen molar-refractivity contribution >= 4 is 41.2 Å². The van der Waals surface area contributed by atoms with Gasteiger partial charge in [-0.15, -0.1) is 0 Å². The molecule has 2 aliphatic heterocycles. The first-order chi connectivity index (χ1) is 24.6. The van der Waals surface area contributed by atoms with E-state index in [1.54, 1.807) is 20.8 Å². The number of esters is 2. The van der Waals surface area contributed by atoms with E-state index < -0.39 is 48.4 Å². The molecule has 0 aromatic rings. The number of rotatable bonds is 24. The molecule has 0 aromatic heterocycles. The number of hydrogen-bond acceptors (Lipinski definition) is 11. The predicted octanol–water partition coefficient (Wildman–Crippen LogP) is 4.94. The normalized spacial score (nSPS) is 18.8. The molecule has 0 N–H and O–H groups in total. The molecule has 2 rings (SSSR count). The molecule has 0 spiro atoms. The van der Waals surface area contributed by atoms with E-state index in [2.05, 4.69) is 0 Å². The Kier molecular flexibility index (Phi) is 18.4. The molecule has 1 saturated heterocycles. The van der Waals surface area contributed by atoms with E-state index in [1.165, 1.54) is 48.0 Å². The summed E-state index contributed by atoms with van der Waals surface area (Å²) in [5.41, 5.74) is 1.07. The molecule has 1 fully saturated rings. The Balaban J connectivity index is 2.08. The van der Waals surface area contributed by atoms with E-state index in [-0.39, 0.29) is 74.7 Å². The maximum Gasteiger partial charge on any atom is 0.326 e. The topological polar surface area (TPSA) is 166 Å². The van der Waals surface area contributed by atoms with Crippen LogP contribution in [0.15, 0.2) is 23.3 Å². The Labute approximate surface area is 308 Å². The maximum atomic E-state index is 13.5. The molecule has 2 aliphatic rings. The van der Waals surface area contributed by atoms with E-state index in [4.69, 9.17) is 18.9 Å². The van der Waals surface area contributed by atoms with Crippen LogP contribution in [-0.2, 0) is 47.7 Å². The van der Waals surface area contributed by atoms with Crippen molar-refractivity contribution < 1.29 is 52.5 Å². The van der Waals surface area contributed by atoms with Gasteiger partial charge in [0.25, 0.3) is 5.91 Å². The van der Waals surface area contributed by atoms with E-state index in [0.717, 1.165) is 5.57 Å². The third kappa shape index (κ3) is 12.6. The lowest BCUT2D eigenvalue weighted by Gasteiger charge is -2.40. The summed E-state index contributed by atoms with van der Waals surface area (Å²) < 4.78 is 21.3. The van der Waals surface area contributed by atoms with Crippen LogP contribution in [-0.4, -0.2) is 109 Å². The van der Waals surface area contributed by atoms with Crippen molar-refractivity contribution in [1.29, 1.82) is 0 Å². The van der Waals surface area contributed by atoms with Crippen molar-refractivity contribution in [2.75, 3.05) is 34.4 Å². The van der Waals surface area contributed by atoms with Gasteiger partial charge in [0, 0.05) is 39.1 Å². The molecule has 4 atom stereocenters. The first-order valence-electron chi connectivity index (χ1n) is 18.3. The number of ether oxygens (including phenoxy) is 4. The highest BCUT2D eigenvalue weighted by atomic mass is 16.5. The molecule has 4 unspecified atom stereocenters. The summed E-state index contributed by atoms with van der Waals surface area (Å²) in [6.45, 7) is 11.9. The van der Waals surface area contributed by atoms with Gasteiger partial charge in [-0.3, -0.25) is 43.5 Å². The van der Waals surface area contributed by atoms with Crippen molar-refractivity contribution in [3.05, 3.63) is 23.3 Å². The van der Waals surface area contributed by atoms with Crippen LogP contribution in [0.4, 0.5) is 4.79 Å². The van der Waals surface area contributed by atoms with Crippen molar-refractivity contribution in [3.63, 3.8) is 0 Å². The number of amides is 3. The molecule has 0 aromatic carbocycles. The lowest BCUT2D eigenvalue weighted by Crippen LogP contribution is -2.57. The van der Waals surface area contributed by atoms with E-state index >= 15 is 0 Å². The van der Waals surface area contributed by atoms with Crippen LogP contribution in [0.2, 0.25) is 0 Å². The van der Waals surface area contributed by atoms with Crippen molar-refractivity contribution in [3.8, 4) is 0 Å². The third-order valence-corrected chi connectivity index (χ3v) is 8.97. The summed E-state index contributed by atoms with van der Waals surface area (Å²) in [6, 6.07) is -0.902. The van der Waals surface area contributed by atoms with Crippen molar-refractivity contribution in [1.82, 2.24) is 14.7 Å². The fourth-order valence-corrected chi connectivity index (χ4v) is 6.54. The minimum absolute atomic E-state index is 0.00454. The van der Waals surface area contributed by atoms with E-state index in [0.29, 0.717) is 37.7 Å². The molecule has 52 heavy (non-hydrogen) atoms. The second kappa shape index (κ2) is 21.6. The number of unbranched alkanes of at least 4 members (excludes halogenated alkanes) is 1. The molecule has 0 radical (unpaired) electrons. The van der Waals surface area contributed by atoms with E-state index in [1.807, 2.05) is 20.8 Å². The SMILES string of the molecule is CCCC(=CC(=O)C(CCCCC(=O)OC(C)C)C(C)=O)C(=O)C(C)CCC(=O)OCN1C(=O)C=C(CC(C)C)C2C1N(COC)C(=O)N2COC. The summed E-state index contributed by atoms with van der Waals surface area (Å²) in [5.74, 6) is -3.76. The lowest BCUT2D eigenvalue weighted by atomic mass is 9.88. The highest BCUT2D eigenvalue weighted by Crippen LogP contribution is 2.36. The van der Waals surface area contributed by atoms with Crippen LogP contribution in [0.5, 0.6) is 0 Å². The molecule has 0 aliphatic carbocycles. The number of Topliss-reactive ketones (excluding diaryl/α,β-unsaturated/α-hetero) is 2. The van der Waals surface area contributed by atoms with Crippen molar-refractivity contribution in [2.24, 2.45) is 17.8 Å². The van der Waals surface area contributed by atoms with Gasteiger partial charge in [-0.2, -0.15) is 0 Å². The number of urea groups is 1. The summed E-state index contributed by atoms with van der Waals surface area (Å²) in [7, 11) is 2.92. The molecule has 14 nitrogen and oxygen atoms in total. The zero-order chi connectivity index (χ0) is 39.1. The number of carbonyl (C=O) groups excluding carboxylic acids is 7. The number of fused-ring (bicyclic) bond motifs is 1.